The van der Waals surface area contributed by atoms with Crippen LogP contribution in [0.4, 0.5) is 5.82 Å². The Bertz CT molecular complexity index is 495. The molecule has 104 valence electrons. The Morgan fingerprint density at radius 1 is 1.37 bits per heavy atom. The van der Waals surface area contributed by atoms with Crippen molar-refractivity contribution in [2.24, 2.45) is 5.73 Å². The molecule has 1 aromatic rings. The quantitative estimate of drug-likeness (QED) is 0.620. The van der Waals surface area contributed by atoms with Crippen LogP contribution in [-0.2, 0) is 0 Å². The number of likely N-dealkylation sites (N-methyl/N-ethyl adjacent to an activating group) is 1. The molecule has 2 heterocycles. The summed E-state index contributed by atoms with van der Waals surface area (Å²) >= 11 is 0. The van der Waals surface area contributed by atoms with Gasteiger partial charge in [-0.15, -0.1) is 0 Å². The monoisotopic (exact) mass is 261 g/mol. The number of piperazine rings is 1. The van der Waals surface area contributed by atoms with Crippen LogP contribution >= 0.6 is 0 Å². The van der Waals surface area contributed by atoms with Crippen LogP contribution in [0.25, 0.3) is 0 Å². The minimum Gasteiger partial charge on any atom is -0.384 e. The molecule has 0 amide bonds. The summed E-state index contributed by atoms with van der Waals surface area (Å²) in [5.41, 5.74) is 7.36. The lowest BCUT2D eigenvalue weighted by Crippen LogP contribution is -2.57. The third-order valence-corrected chi connectivity index (χ3v) is 3.89. The van der Waals surface area contributed by atoms with Crippen LogP contribution in [0.3, 0.4) is 0 Å². The van der Waals surface area contributed by atoms with E-state index in [4.69, 9.17) is 11.1 Å². The zero-order chi connectivity index (χ0) is 14.2. The SMILES string of the molecule is Cc1cc(C(=N)N)cc(N2CCN(C)C(C)(C)C2)n1. The van der Waals surface area contributed by atoms with Crippen LogP contribution in [0, 0.1) is 12.3 Å². The van der Waals surface area contributed by atoms with Gasteiger partial charge in [-0.25, -0.2) is 4.98 Å². The van der Waals surface area contributed by atoms with Crippen LogP contribution in [0.5, 0.6) is 0 Å². The smallest absolute Gasteiger partial charge is 0.129 e. The van der Waals surface area contributed by atoms with Crippen LogP contribution in [0.1, 0.15) is 25.1 Å². The van der Waals surface area contributed by atoms with Gasteiger partial charge >= 0.3 is 0 Å². The average Bonchev–Trinajstić information content (AvgIpc) is 2.31. The number of aryl methyl sites for hydroxylation is 1. The zero-order valence-electron chi connectivity index (χ0n) is 12.2. The highest BCUT2D eigenvalue weighted by molar-refractivity contribution is 5.95. The van der Waals surface area contributed by atoms with Gasteiger partial charge in [-0.05, 0) is 40.0 Å². The number of nitrogens with two attached hydrogens (primary N) is 1. The first kappa shape index (κ1) is 13.8. The molecule has 19 heavy (non-hydrogen) atoms. The lowest BCUT2D eigenvalue weighted by molar-refractivity contribution is 0.138. The summed E-state index contributed by atoms with van der Waals surface area (Å²) in [5, 5.41) is 7.58. The maximum atomic E-state index is 7.58. The summed E-state index contributed by atoms with van der Waals surface area (Å²) < 4.78 is 0. The van der Waals surface area contributed by atoms with Crippen molar-refractivity contribution in [2.45, 2.75) is 26.3 Å². The van der Waals surface area contributed by atoms with Crippen molar-refractivity contribution in [3.8, 4) is 0 Å². The molecule has 1 saturated heterocycles. The molecule has 1 aromatic heterocycles. The number of aromatic nitrogens is 1. The van der Waals surface area contributed by atoms with Gasteiger partial charge < -0.3 is 10.6 Å². The van der Waals surface area contributed by atoms with Crippen LogP contribution in [-0.4, -0.2) is 47.9 Å². The number of anilines is 1. The van der Waals surface area contributed by atoms with E-state index in [2.05, 4.69) is 35.7 Å². The first-order valence-corrected chi connectivity index (χ1v) is 6.59. The van der Waals surface area contributed by atoms with Gasteiger partial charge in [0.1, 0.15) is 11.7 Å². The van der Waals surface area contributed by atoms with Gasteiger partial charge in [-0.3, -0.25) is 10.3 Å². The van der Waals surface area contributed by atoms with Gasteiger partial charge in [0.2, 0.25) is 0 Å². The molecule has 1 aliphatic rings. The maximum Gasteiger partial charge on any atom is 0.129 e. The Morgan fingerprint density at radius 2 is 2.05 bits per heavy atom. The van der Waals surface area contributed by atoms with Crippen LogP contribution in [0.2, 0.25) is 0 Å². The summed E-state index contributed by atoms with van der Waals surface area (Å²) in [6.45, 7) is 9.31. The number of nitrogen functional groups attached to an aromatic ring is 1. The molecule has 0 spiro atoms. The first-order chi connectivity index (χ1) is 8.79. The van der Waals surface area contributed by atoms with E-state index >= 15 is 0 Å². The van der Waals surface area contributed by atoms with E-state index in [-0.39, 0.29) is 11.4 Å². The van der Waals surface area contributed by atoms with E-state index in [9.17, 15) is 0 Å². The molecule has 0 saturated carbocycles. The molecule has 0 bridgehead atoms. The number of amidine groups is 1. The van der Waals surface area contributed by atoms with Crippen molar-refractivity contribution < 1.29 is 0 Å². The Labute approximate surface area is 114 Å². The fraction of sp³-hybridized carbons (Fsp3) is 0.571. The van der Waals surface area contributed by atoms with E-state index in [1.165, 1.54) is 0 Å². The van der Waals surface area contributed by atoms with Crippen molar-refractivity contribution >= 4 is 11.7 Å². The van der Waals surface area contributed by atoms with E-state index < -0.39 is 0 Å². The minimum absolute atomic E-state index is 0.0973. The summed E-state index contributed by atoms with van der Waals surface area (Å²) in [6, 6.07) is 3.77. The molecular formula is C14H23N5. The van der Waals surface area contributed by atoms with Crippen molar-refractivity contribution in [3.05, 3.63) is 23.4 Å². The van der Waals surface area contributed by atoms with E-state index in [1.807, 2.05) is 19.1 Å². The molecule has 0 atom stereocenters. The van der Waals surface area contributed by atoms with Crippen molar-refractivity contribution in [3.63, 3.8) is 0 Å². The number of hydrogen-bond donors (Lipinski definition) is 2. The largest absolute Gasteiger partial charge is 0.384 e. The highest BCUT2D eigenvalue weighted by atomic mass is 15.3. The van der Waals surface area contributed by atoms with E-state index in [1.54, 1.807) is 0 Å². The fourth-order valence-corrected chi connectivity index (χ4v) is 2.40. The highest BCUT2D eigenvalue weighted by Crippen LogP contribution is 2.24. The topological polar surface area (TPSA) is 69.2 Å². The number of nitrogens with one attached hydrogen (secondary N) is 1. The Balaban J connectivity index is 2.30. The van der Waals surface area contributed by atoms with E-state index in [0.717, 1.165) is 36.7 Å². The van der Waals surface area contributed by atoms with Crippen molar-refractivity contribution in [2.75, 3.05) is 31.6 Å². The Kier molecular flexibility index (Phi) is 3.49. The standard InChI is InChI=1S/C14H23N5/c1-10-7-11(13(15)16)8-12(17-10)19-6-5-18(4)14(2,3)9-19/h7-8H,5-6,9H2,1-4H3,(H3,15,16). The number of rotatable bonds is 2. The molecule has 0 unspecified atom stereocenters. The highest BCUT2D eigenvalue weighted by Gasteiger charge is 2.31. The molecule has 0 aliphatic carbocycles. The number of nitrogens with zero attached hydrogens (tertiary/aromatic N) is 3. The van der Waals surface area contributed by atoms with Crippen molar-refractivity contribution in [1.29, 1.82) is 5.41 Å². The second kappa shape index (κ2) is 4.81. The maximum absolute atomic E-state index is 7.58. The van der Waals surface area contributed by atoms with Gasteiger partial charge in [0.05, 0.1) is 0 Å². The second-order valence-corrected chi connectivity index (χ2v) is 5.92. The summed E-state index contributed by atoms with van der Waals surface area (Å²) in [4.78, 5) is 9.23. The third kappa shape index (κ3) is 2.87. The molecule has 2 rings (SSSR count). The molecule has 1 fully saturated rings. The Hall–Kier alpha value is -1.62. The predicted octanol–water partition coefficient (Wildman–Crippen LogP) is 1.20. The lowest BCUT2D eigenvalue weighted by atomic mass is 9.99. The predicted molar refractivity (Wildman–Crippen MR) is 78.9 cm³/mol. The molecule has 0 radical (unpaired) electrons. The van der Waals surface area contributed by atoms with Gasteiger partial charge in [0, 0.05) is 36.4 Å². The van der Waals surface area contributed by atoms with E-state index in [0.29, 0.717) is 0 Å². The normalized spacial score (nSPS) is 19.5. The van der Waals surface area contributed by atoms with Crippen molar-refractivity contribution in [1.82, 2.24) is 9.88 Å². The van der Waals surface area contributed by atoms with Gasteiger partial charge in [0.25, 0.3) is 0 Å². The molecule has 5 nitrogen and oxygen atoms in total. The Morgan fingerprint density at radius 3 is 2.63 bits per heavy atom. The van der Waals surface area contributed by atoms with Crippen LogP contribution in [0.15, 0.2) is 12.1 Å². The fourth-order valence-electron chi connectivity index (χ4n) is 2.40. The third-order valence-electron chi connectivity index (χ3n) is 3.89. The van der Waals surface area contributed by atoms with Gasteiger partial charge in [-0.1, -0.05) is 0 Å². The van der Waals surface area contributed by atoms with Gasteiger partial charge in [0.15, 0.2) is 0 Å². The van der Waals surface area contributed by atoms with Crippen LogP contribution < -0.4 is 10.6 Å². The molecule has 0 aromatic carbocycles. The molecule has 5 heteroatoms. The molecular weight excluding hydrogens is 238 g/mol. The zero-order valence-corrected chi connectivity index (χ0v) is 12.2. The first-order valence-electron chi connectivity index (χ1n) is 6.59. The average molecular weight is 261 g/mol. The summed E-state index contributed by atoms with van der Waals surface area (Å²) in [7, 11) is 2.15. The summed E-state index contributed by atoms with van der Waals surface area (Å²) in [5.74, 6) is 1.02. The summed E-state index contributed by atoms with van der Waals surface area (Å²) in [6.07, 6.45) is 0. The lowest BCUT2D eigenvalue weighted by Gasteiger charge is -2.45. The number of pyridine rings is 1. The molecule has 1 aliphatic heterocycles. The number of hydrogen-bond acceptors (Lipinski definition) is 4. The second-order valence-electron chi connectivity index (χ2n) is 5.92. The molecule has 3 N–H and O–H groups in total. The minimum atomic E-state index is 0.0973. The van der Waals surface area contributed by atoms with Gasteiger partial charge in [-0.2, -0.15) is 0 Å².